The van der Waals surface area contributed by atoms with Crippen molar-refractivity contribution in [3.63, 3.8) is 0 Å². The summed E-state index contributed by atoms with van der Waals surface area (Å²) in [6.07, 6.45) is 69.6. The number of aliphatic hydroxyl groups excluding tert-OH is 1. The molecular weight excluding hydrogens is 1230 g/mol. The minimum atomic E-state index is -4.98. The largest absolute Gasteiger partial charge is 0.472 e. The maximum absolute atomic E-state index is 13.0. The number of hydrogen-bond donors (Lipinski definition) is 3. The van der Waals surface area contributed by atoms with Crippen LogP contribution in [0.25, 0.3) is 0 Å². The van der Waals surface area contributed by atoms with Crippen LogP contribution in [0.1, 0.15) is 285 Å². The number of esters is 4. The molecule has 0 aromatic carbocycles. The minimum Gasteiger partial charge on any atom is -0.462 e. The number of aliphatic hydroxyl groups is 1. The van der Waals surface area contributed by atoms with E-state index in [-0.39, 0.29) is 25.7 Å². The molecule has 0 fully saturated rings. The van der Waals surface area contributed by atoms with Gasteiger partial charge in [-0.2, -0.15) is 0 Å². The topological polar surface area (TPSA) is 237 Å². The van der Waals surface area contributed by atoms with Crippen molar-refractivity contribution in [1.29, 1.82) is 0 Å². The molecule has 0 aliphatic rings. The molecular formula is C75H128O17P2. The third kappa shape index (κ3) is 66.3. The zero-order valence-corrected chi connectivity index (χ0v) is 60.4. The summed E-state index contributed by atoms with van der Waals surface area (Å²) in [7, 11) is -9.95. The first-order chi connectivity index (χ1) is 45.7. The highest BCUT2D eigenvalue weighted by Crippen LogP contribution is 2.45. The monoisotopic (exact) mass is 1360 g/mol. The Morgan fingerprint density at radius 1 is 0.309 bits per heavy atom. The van der Waals surface area contributed by atoms with E-state index in [0.717, 1.165) is 154 Å². The Kier molecular flexibility index (Phi) is 64.2. The van der Waals surface area contributed by atoms with Crippen molar-refractivity contribution >= 4 is 39.5 Å². The molecule has 0 aromatic rings. The summed E-state index contributed by atoms with van der Waals surface area (Å²) in [5, 5.41) is 10.6. The summed E-state index contributed by atoms with van der Waals surface area (Å²) in [6.45, 7) is 4.50. The first kappa shape index (κ1) is 89.7. The molecule has 3 N–H and O–H groups in total. The highest BCUT2D eigenvalue weighted by molar-refractivity contribution is 7.47. The van der Waals surface area contributed by atoms with Gasteiger partial charge in [0.1, 0.15) is 19.3 Å². The lowest BCUT2D eigenvalue weighted by Gasteiger charge is -2.21. The molecule has 19 heteroatoms. The highest BCUT2D eigenvalue weighted by Gasteiger charge is 2.30. The predicted molar refractivity (Wildman–Crippen MR) is 381 cm³/mol. The molecule has 0 aromatic heterocycles. The molecule has 0 spiro atoms. The number of unbranched alkanes of at least 4 members (excludes halogenated alkanes) is 23. The summed E-state index contributed by atoms with van der Waals surface area (Å²) in [4.78, 5) is 72.6. The molecule has 0 amide bonds. The van der Waals surface area contributed by atoms with E-state index in [1.807, 2.05) is 0 Å². The van der Waals surface area contributed by atoms with E-state index in [0.29, 0.717) is 25.7 Å². The number of carbonyl (C=O) groups is 4. The van der Waals surface area contributed by atoms with Crippen molar-refractivity contribution in [1.82, 2.24) is 0 Å². The third-order valence-corrected chi connectivity index (χ3v) is 16.6. The summed E-state index contributed by atoms with van der Waals surface area (Å²) in [5.74, 6) is -2.26. The van der Waals surface area contributed by atoms with Crippen molar-refractivity contribution in [2.24, 2.45) is 0 Å². The molecule has 0 heterocycles. The molecule has 0 saturated carbocycles. The molecule has 17 nitrogen and oxygen atoms in total. The quantitative estimate of drug-likeness (QED) is 0.0169. The molecule has 5 atom stereocenters. The van der Waals surface area contributed by atoms with Gasteiger partial charge in [-0.1, -0.05) is 246 Å². The molecule has 94 heavy (non-hydrogen) atoms. The van der Waals surface area contributed by atoms with Crippen LogP contribution < -0.4 is 0 Å². The SMILES string of the molecule is CC/C=C\C/C=C\C/C=C\C/C=C\CCCCCCC(=O)OCC(COP(=O)(O)OCC(O)COP(=O)(O)OCC(COC(=O)CCCC/C=C\C/C=C\C/C=C\C/C=C\CC)OC(=O)CCCCCCCCCCCCC)OC(=O)CCCCCCC/C=C\CCCC. The first-order valence-corrected chi connectivity index (χ1v) is 39.1. The van der Waals surface area contributed by atoms with E-state index in [1.54, 1.807) is 0 Å². The zero-order chi connectivity index (χ0) is 69.0. The standard InChI is InChI=1S/C75H128O17P2/c1-5-9-13-17-21-25-29-31-33-34-36-38-42-44-48-52-56-60-73(78)86-66-71(92-75(80)62-58-54-50-46-40-28-24-20-16-12-8-4)68-90-94(83,84)88-64-69(76)63-87-93(81,82)89-67-70(91-74(79)61-57-53-49-45-39-27-23-19-15-11-7-3)65-85-72(77)59-55-51-47-43-41-37-35-32-30-26-22-18-14-10-6-2/h9-10,13-14,20-22,24-26,31-33,35-36,38,41,43,69-71,76H,5-8,11-12,15-19,23,27-30,34,37,39-40,42,44-68H2,1-4H3,(H,81,82)(H,83,84)/b13-9-,14-10-,24-20-,25-21-,26-22-,33-31-,35-32-,38-36-,43-41-. The Morgan fingerprint density at radius 2 is 0.564 bits per heavy atom. The van der Waals surface area contributed by atoms with Gasteiger partial charge in [-0.15, -0.1) is 0 Å². The van der Waals surface area contributed by atoms with Gasteiger partial charge in [-0.3, -0.25) is 37.3 Å². The van der Waals surface area contributed by atoms with Crippen molar-refractivity contribution in [3.8, 4) is 0 Å². The van der Waals surface area contributed by atoms with Crippen LogP contribution in [0.15, 0.2) is 109 Å². The molecule has 0 aliphatic heterocycles. The third-order valence-electron chi connectivity index (χ3n) is 14.7. The highest BCUT2D eigenvalue weighted by atomic mass is 31.2. The molecule has 0 radical (unpaired) electrons. The lowest BCUT2D eigenvalue weighted by atomic mass is 10.1. The van der Waals surface area contributed by atoms with E-state index in [4.69, 9.17) is 37.0 Å². The Morgan fingerprint density at radius 3 is 0.915 bits per heavy atom. The van der Waals surface area contributed by atoms with Crippen LogP contribution >= 0.6 is 15.6 Å². The van der Waals surface area contributed by atoms with Crippen LogP contribution in [0.2, 0.25) is 0 Å². The zero-order valence-electron chi connectivity index (χ0n) is 58.6. The predicted octanol–water partition coefficient (Wildman–Crippen LogP) is 20.2. The Balaban J connectivity index is 5.35. The number of carbonyl (C=O) groups excluding carboxylic acids is 4. The smallest absolute Gasteiger partial charge is 0.462 e. The van der Waals surface area contributed by atoms with Gasteiger partial charge in [-0.25, -0.2) is 9.13 Å². The maximum Gasteiger partial charge on any atom is 0.472 e. The Bertz CT molecular complexity index is 2220. The Hall–Kier alpha value is -4.28. The lowest BCUT2D eigenvalue weighted by molar-refractivity contribution is -0.161. The normalized spacial score (nSPS) is 14.7. The maximum atomic E-state index is 13.0. The second-order valence-electron chi connectivity index (χ2n) is 23.8. The van der Waals surface area contributed by atoms with E-state index in [2.05, 4.69) is 137 Å². The number of phosphoric ester groups is 2. The summed E-state index contributed by atoms with van der Waals surface area (Å²) in [6, 6.07) is 0. The minimum absolute atomic E-state index is 0.0769. The van der Waals surface area contributed by atoms with Crippen LogP contribution in [0.3, 0.4) is 0 Å². The molecule has 540 valence electrons. The van der Waals surface area contributed by atoms with Gasteiger partial charge in [0.2, 0.25) is 0 Å². The fourth-order valence-electron chi connectivity index (χ4n) is 9.24. The molecule has 0 rings (SSSR count). The molecule has 0 saturated heterocycles. The summed E-state index contributed by atoms with van der Waals surface area (Å²) in [5.41, 5.74) is 0. The Labute approximate surface area is 569 Å². The van der Waals surface area contributed by atoms with Crippen LogP contribution in [0.5, 0.6) is 0 Å². The van der Waals surface area contributed by atoms with Crippen molar-refractivity contribution < 1.29 is 80.2 Å². The summed E-state index contributed by atoms with van der Waals surface area (Å²) >= 11 is 0. The van der Waals surface area contributed by atoms with Crippen molar-refractivity contribution in [2.45, 2.75) is 303 Å². The van der Waals surface area contributed by atoms with Crippen molar-refractivity contribution in [2.75, 3.05) is 39.6 Å². The molecule has 5 unspecified atom stereocenters. The van der Waals surface area contributed by atoms with Gasteiger partial charge in [-0.05, 0) is 122 Å². The fourth-order valence-corrected chi connectivity index (χ4v) is 10.8. The van der Waals surface area contributed by atoms with E-state index in [9.17, 15) is 43.2 Å². The van der Waals surface area contributed by atoms with Crippen LogP contribution in [-0.2, 0) is 65.4 Å². The molecule has 0 aliphatic carbocycles. The number of rotatable bonds is 67. The fraction of sp³-hybridized carbons (Fsp3) is 0.707. The van der Waals surface area contributed by atoms with Crippen LogP contribution in [0.4, 0.5) is 0 Å². The van der Waals surface area contributed by atoms with Crippen LogP contribution in [-0.4, -0.2) is 96.7 Å². The number of phosphoric acid groups is 2. The average Bonchev–Trinajstić information content (AvgIpc) is 1.32. The second kappa shape index (κ2) is 67.3. The van der Waals surface area contributed by atoms with E-state index >= 15 is 0 Å². The second-order valence-corrected chi connectivity index (χ2v) is 26.7. The first-order valence-electron chi connectivity index (χ1n) is 36.1. The van der Waals surface area contributed by atoms with Gasteiger partial charge in [0.25, 0.3) is 0 Å². The number of hydrogen-bond acceptors (Lipinski definition) is 15. The van der Waals surface area contributed by atoms with Crippen LogP contribution in [0, 0.1) is 0 Å². The molecule has 0 bridgehead atoms. The van der Waals surface area contributed by atoms with Gasteiger partial charge in [0, 0.05) is 25.7 Å². The van der Waals surface area contributed by atoms with Crippen molar-refractivity contribution in [3.05, 3.63) is 109 Å². The lowest BCUT2D eigenvalue weighted by Crippen LogP contribution is -2.30. The van der Waals surface area contributed by atoms with Gasteiger partial charge in [0.15, 0.2) is 12.2 Å². The number of ether oxygens (including phenoxy) is 4. The summed E-state index contributed by atoms with van der Waals surface area (Å²) < 4.78 is 68.2. The van der Waals surface area contributed by atoms with Gasteiger partial charge < -0.3 is 33.8 Å². The average molecular weight is 1360 g/mol. The van der Waals surface area contributed by atoms with E-state index in [1.165, 1.54) is 51.4 Å². The number of allylic oxidation sites excluding steroid dienone is 18. The van der Waals surface area contributed by atoms with Gasteiger partial charge in [0.05, 0.1) is 26.4 Å². The van der Waals surface area contributed by atoms with Gasteiger partial charge >= 0.3 is 39.5 Å². The van der Waals surface area contributed by atoms with E-state index < -0.39 is 97.5 Å².